The SMILES string of the molecule is C=C/C(C(=N)N)=c1\c(=C)oc2ccc(-c3cccc4sc5ccc(-n6c(/C=C\C)c(C=C)c7ccccc76)cc5c34)cc12. The van der Waals surface area contributed by atoms with Gasteiger partial charge in [-0.25, -0.2) is 0 Å². The maximum atomic E-state index is 8.08. The van der Waals surface area contributed by atoms with Crippen LogP contribution in [-0.2, 0) is 0 Å². The molecule has 0 amide bonds. The van der Waals surface area contributed by atoms with Crippen LogP contribution in [0.15, 0.2) is 109 Å². The summed E-state index contributed by atoms with van der Waals surface area (Å²) in [7, 11) is 0. The van der Waals surface area contributed by atoms with Crippen molar-refractivity contribution in [3.05, 3.63) is 126 Å². The molecule has 3 heterocycles. The lowest BCUT2D eigenvalue weighted by Gasteiger charge is -2.11. The minimum Gasteiger partial charge on any atom is -0.457 e. The summed E-state index contributed by atoms with van der Waals surface area (Å²) in [6, 6.07) is 27.8. The van der Waals surface area contributed by atoms with Gasteiger partial charge < -0.3 is 14.7 Å². The number of nitrogens with one attached hydrogen (secondary N) is 1. The van der Waals surface area contributed by atoms with Crippen molar-refractivity contribution >= 4 is 83.5 Å². The van der Waals surface area contributed by atoms with E-state index in [0.29, 0.717) is 21.8 Å². The molecule has 0 unspecified atom stereocenters. The van der Waals surface area contributed by atoms with Crippen LogP contribution in [-0.4, -0.2) is 10.4 Å². The molecule has 0 bridgehead atoms. The highest BCUT2D eigenvalue weighted by molar-refractivity contribution is 7.26. The predicted molar refractivity (Wildman–Crippen MR) is 186 cm³/mol. The van der Waals surface area contributed by atoms with Crippen molar-refractivity contribution in [2.75, 3.05) is 0 Å². The number of thiophene rings is 1. The maximum absolute atomic E-state index is 8.08. The Balaban J connectivity index is 1.53. The van der Waals surface area contributed by atoms with E-state index in [9.17, 15) is 0 Å². The first-order valence-electron chi connectivity index (χ1n) is 14.0. The van der Waals surface area contributed by atoms with Crippen LogP contribution in [0.1, 0.15) is 18.2 Å². The van der Waals surface area contributed by atoms with Crippen molar-refractivity contribution in [2.24, 2.45) is 5.73 Å². The highest BCUT2D eigenvalue weighted by atomic mass is 32.1. The molecular formula is C38H29N3OS. The Labute approximate surface area is 252 Å². The molecule has 0 aliphatic rings. The normalized spacial score (nSPS) is 12.6. The maximum Gasteiger partial charge on any atom is 0.135 e. The van der Waals surface area contributed by atoms with E-state index in [4.69, 9.17) is 15.6 Å². The molecule has 0 fully saturated rings. The van der Waals surface area contributed by atoms with Crippen molar-refractivity contribution < 1.29 is 4.42 Å². The standard InChI is InChI=1S/C38H29N3OS/c1-5-11-31-25(6-2)28-12-8-9-14-32(28)41(31)24-17-19-34-30(21-24)37-27(13-10-15-35(37)43-34)23-16-18-33-29(20-23)36(22(4)42-33)26(7-3)38(39)40/h5-21H,2-4H2,1H3,(H3,39,40)/b11-5-,36-26-. The Hall–Kier alpha value is -5.39. The van der Waals surface area contributed by atoms with E-state index in [1.165, 1.54) is 25.6 Å². The van der Waals surface area contributed by atoms with Gasteiger partial charge in [-0.2, -0.15) is 0 Å². The van der Waals surface area contributed by atoms with E-state index in [-0.39, 0.29) is 5.84 Å². The number of para-hydroxylation sites is 1. The average molecular weight is 576 g/mol. The fraction of sp³-hybridized carbons (Fsp3) is 0.0263. The molecule has 0 atom stereocenters. The lowest BCUT2D eigenvalue weighted by atomic mass is 9.97. The fourth-order valence-corrected chi connectivity index (χ4v) is 7.36. The molecule has 7 aromatic rings. The number of hydrogen-bond donors (Lipinski definition) is 2. The number of amidine groups is 1. The van der Waals surface area contributed by atoms with Crippen molar-refractivity contribution in [2.45, 2.75) is 6.92 Å². The lowest BCUT2D eigenvalue weighted by molar-refractivity contribution is 0.577. The van der Waals surface area contributed by atoms with Crippen LogP contribution in [0.2, 0.25) is 0 Å². The second kappa shape index (κ2) is 10.2. The van der Waals surface area contributed by atoms with E-state index in [1.807, 2.05) is 19.1 Å². The largest absolute Gasteiger partial charge is 0.457 e. The topological polar surface area (TPSA) is 67.9 Å². The minimum absolute atomic E-state index is 0.0686. The van der Waals surface area contributed by atoms with Gasteiger partial charge in [0.05, 0.1) is 11.2 Å². The Morgan fingerprint density at radius 1 is 0.930 bits per heavy atom. The van der Waals surface area contributed by atoms with Gasteiger partial charge in [-0.15, -0.1) is 11.3 Å². The molecule has 4 nitrogen and oxygen atoms in total. The summed E-state index contributed by atoms with van der Waals surface area (Å²) in [5.74, 6) is -0.0686. The number of furan rings is 1. The van der Waals surface area contributed by atoms with Crippen molar-refractivity contribution in [1.29, 1.82) is 5.41 Å². The zero-order valence-corrected chi connectivity index (χ0v) is 24.6. The molecule has 43 heavy (non-hydrogen) atoms. The van der Waals surface area contributed by atoms with Crippen LogP contribution >= 0.6 is 11.3 Å². The molecule has 3 N–H and O–H groups in total. The minimum atomic E-state index is -0.0686. The molecule has 5 heteroatoms. The summed E-state index contributed by atoms with van der Waals surface area (Å²) in [6.07, 6.45) is 7.77. The highest BCUT2D eigenvalue weighted by Gasteiger charge is 2.18. The van der Waals surface area contributed by atoms with Gasteiger partial charge in [0.15, 0.2) is 0 Å². The van der Waals surface area contributed by atoms with Crippen LogP contribution in [0.4, 0.5) is 0 Å². The van der Waals surface area contributed by atoms with Gasteiger partial charge >= 0.3 is 0 Å². The van der Waals surface area contributed by atoms with Gasteiger partial charge in [-0.3, -0.25) is 5.41 Å². The van der Waals surface area contributed by atoms with Gasteiger partial charge in [0.25, 0.3) is 0 Å². The molecule has 0 saturated carbocycles. The predicted octanol–water partition coefficient (Wildman–Crippen LogP) is 8.77. The molecular weight excluding hydrogens is 547 g/mol. The number of allylic oxidation sites excluding steroid dienone is 1. The summed E-state index contributed by atoms with van der Waals surface area (Å²) in [5.41, 5.74) is 14.2. The number of rotatable bonds is 6. The summed E-state index contributed by atoms with van der Waals surface area (Å²) in [6.45, 7) is 14.1. The van der Waals surface area contributed by atoms with E-state index < -0.39 is 0 Å². The Morgan fingerprint density at radius 2 is 1.77 bits per heavy atom. The van der Waals surface area contributed by atoms with Gasteiger partial charge in [-0.1, -0.05) is 74.4 Å². The summed E-state index contributed by atoms with van der Waals surface area (Å²) in [4.78, 5) is 0. The van der Waals surface area contributed by atoms with E-state index in [0.717, 1.165) is 39.0 Å². The molecule has 0 radical (unpaired) electrons. The molecule has 7 rings (SSSR count). The van der Waals surface area contributed by atoms with Gasteiger partial charge in [0.1, 0.15) is 16.8 Å². The summed E-state index contributed by atoms with van der Waals surface area (Å²) >= 11 is 1.80. The number of fused-ring (bicyclic) bond motifs is 5. The molecule has 0 saturated heterocycles. The smallest absolute Gasteiger partial charge is 0.135 e. The van der Waals surface area contributed by atoms with Crippen LogP contribution < -0.4 is 16.4 Å². The first kappa shape index (κ1) is 26.5. The summed E-state index contributed by atoms with van der Waals surface area (Å²) in [5, 5.41) is 13.2. The molecule has 0 aliphatic heterocycles. The quantitative estimate of drug-likeness (QED) is 0.154. The van der Waals surface area contributed by atoms with Crippen LogP contribution in [0, 0.1) is 5.41 Å². The average Bonchev–Trinajstić information content (AvgIpc) is 3.65. The molecule has 208 valence electrons. The van der Waals surface area contributed by atoms with E-state index >= 15 is 0 Å². The van der Waals surface area contributed by atoms with Crippen molar-refractivity contribution in [3.8, 4) is 16.8 Å². The van der Waals surface area contributed by atoms with Crippen LogP contribution in [0.3, 0.4) is 0 Å². The zero-order chi connectivity index (χ0) is 29.8. The van der Waals surface area contributed by atoms with Crippen LogP contribution in [0.5, 0.6) is 0 Å². The molecule has 4 aromatic carbocycles. The second-order valence-electron chi connectivity index (χ2n) is 10.5. The second-order valence-corrected chi connectivity index (χ2v) is 11.5. The van der Waals surface area contributed by atoms with Gasteiger partial charge in [0, 0.05) is 53.0 Å². The number of aromatic nitrogens is 1. The van der Waals surface area contributed by atoms with Crippen molar-refractivity contribution in [1.82, 2.24) is 4.57 Å². The third-order valence-electron chi connectivity index (χ3n) is 8.05. The van der Waals surface area contributed by atoms with Gasteiger partial charge in [-0.05, 0) is 66.6 Å². The van der Waals surface area contributed by atoms with Crippen LogP contribution in [0.25, 0.3) is 83.2 Å². The third-order valence-corrected chi connectivity index (χ3v) is 9.19. The first-order chi connectivity index (χ1) is 20.9. The van der Waals surface area contributed by atoms with Gasteiger partial charge in [0.2, 0.25) is 0 Å². The zero-order valence-electron chi connectivity index (χ0n) is 23.8. The summed E-state index contributed by atoms with van der Waals surface area (Å²) < 4.78 is 10.7. The number of hydrogen-bond acceptors (Lipinski definition) is 3. The Kier molecular flexibility index (Phi) is 6.26. The molecule has 0 aliphatic carbocycles. The third kappa shape index (κ3) is 4.01. The highest BCUT2D eigenvalue weighted by Crippen LogP contribution is 2.42. The molecule has 0 spiro atoms. The fourth-order valence-electron chi connectivity index (χ4n) is 6.25. The lowest BCUT2D eigenvalue weighted by Crippen LogP contribution is -2.27. The Bertz CT molecular complexity index is 2450. The first-order valence-corrected chi connectivity index (χ1v) is 14.8. The number of nitrogens with zero attached hydrogens (tertiary/aromatic N) is 1. The number of benzene rings is 4. The van der Waals surface area contributed by atoms with E-state index in [1.54, 1.807) is 17.4 Å². The number of nitrogens with two attached hydrogens (primary N) is 1. The van der Waals surface area contributed by atoms with E-state index in [2.05, 4.69) is 109 Å². The monoisotopic (exact) mass is 575 g/mol. The van der Waals surface area contributed by atoms with Crippen molar-refractivity contribution in [3.63, 3.8) is 0 Å². The molecule has 3 aromatic heterocycles. The Morgan fingerprint density at radius 3 is 2.53 bits per heavy atom.